The highest BCUT2D eigenvalue weighted by molar-refractivity contribution is 5.89. The zero-order valence-electron chi connectivity index (χ0n) is 12.9. The molecule has 2 aliphatic rings. The van der Waals surface area contributed by atoms with Crippen LogP contribution in [-0.2, 0) is 9.59 Å². The molecule has 0 radical (unpaired) electrons. The summed E-state index contributed by atoms with van der Waals surface area (Å²) in [4.78, 5) is 30.3. The number of amides is 2. The Bertz CT molecular complexity index is 439. The maximum absolute atomic E-state index is 12.5. The molecule has 2 fully saturated rings. The van der Waals surface area contributed by atoms with Gasteiger partial charge in [-0.05, 0) is 6.92 Å². The number of carbonyl (C=O) groups excluding carboxylic acids is 2. The Kier molecular flexibility index (Phi) is 5.17. The monoisotopic (exact) mass is 291 g/mol. The molecule has 0 aromatic carbocycles. The van der Waals surface area contributed by atoms with Gasteiger partial charge >= 0.3 is 0 Å². The summed E-state index contributed by atoms with van der Waals surface area (Å²) in [5.74, 6) is 0.0178. The van der Waals surface area contributed by atoms with Crippen LogP contribution in [0.25, 0.3) is 0 Å². The van der Waals surface area contributed by atoms with Crippen LogP contribution in [-0.4, -0.2) is 72.3 Å². The predicted octanol–water partition coefficient (Wildman–Crippen LogP) is 0.741. The van der Waals surface area contributed by atoms with Gasteiger partial charge in [-0.2, -0.15) is 0 Å². The smallest absolute Gasteiger partial charge is 0.228 e. The van der Waals surface area contributed by atoms with E-state index < -0.39 is 0 Å². The van der Waals surface area contributed by atoms with Crippen LogP contribution in [0.4, 0.5) is 0 Å². The number of hydrogen-bond acceptors (Lipinski definition) is 3. The highest BCUT2D eigenvalue weighted by Crippen LogP contribution is 2.20. The standard InChI is InChI=1S/C16H25N3O2/c1-4-5-19-12-14(10-15(19)20)16(21)18-8-6-17(7-9-18)11-13(2)3/h4,14H,1-2,5-12H2,3H3/t14-/m1/s1. The van der Waals surface area contributed by atoms with E-state index in [0.29, 0.717) is 19.5 Å². The molecule has 2 saturated heterocycles. The third-order valence-electron chi connectivity index (χ3n) is 4.09. The second kappa shape index (κ2) is 6.89. The van der Waals surface area contributed by atoms with Gasteiger partial charge in [0.1, 0.15) is 0 Å². The number of carbonyl (C=O) groups is 2. The molecule has 5 nitrogen and oxygen atoms in total. The molecule has 0 N–H and O–H groups in total. The van der Waals surface area contributed by atoms with Crippen molar-refractivity contribution < 1.29 is 9.59 Å². The van der Waals surface area contributed by atoms with E-state index in [9.17, 15) is 9.59 Å². The normalized spacial score (nSPS) is 23.5. The Hall–Kier alpha value is -1.62. The van der Waals surface area contributed by atoms with E-state index in [1.165, 1.54) is 0 Å². The number of rotatable bonds is 5. The number of hydrogen-bond donors (Lipinski definition) is 0. The van der Waals surface area contributed by atoms with Crippen molar-refractivity contribution in [2.75, 3.05) is 45.8 Å². The van der Waals surface area contributed by atoms with E-state index >= 15 is 0 Å². The zero-order valence-corrected chi connectivity index (χ0v) is 12.9. The lowest BCUT2D eigenvalue weighted by molar-refractivity contribution is -0.137. The van der Waals surface area contributed by atoms with Gasteiger partial charge in [0.25, 0.3) is 0 Å². The fourth-order valence-electron chi connectivity index (χ4n) is 3.04. The van der Waals surface area contributed by atoms with Crippen LogP contribution in [0.15, 0.2) is 24.8 Å². The van der Waals surface area contributed by atoms with Crippen molar-refractivity contribution in [2.24, 2.45) is 5.92 Å². The van der Waals surface area contributed by atoms with Crippen LogP contribution in [0.5, 0.6) is 0 Å². The molecule has 5 heteroatoms. The van der Waals surface area contributed by atoms with Crippen LogP contribution >= 0.6 is 0 Å². The molecule has 0 spiro atoms. The summed E-state index contributed by atoms with van der Waals surface area (Å²) < 4.78 is 0. The third-order valence-corrected chi connectivity index (χ3v) is 4.09. The lowest BCUT2D eigenvalue weighted by Gasteiger charge is -2.35. The zero-order chi connectivity index (χ0) is 15.4. The molecule has 0 aromatic heterocycles. The number of likely N-dealkylation sites (tertiary alicyclic amines) is 1. The van der Waals surface area contributed by atoms with E-state index in [-0.39, 0.29) is 17.7 Å². The molecule has 0 saturated carbocycles. The molecule has 116 valence electrons. The van der Waals surface area contributed by atoms with Crippen LogP contribution in [0, 0.1) is 5.92 Å². The molecule has 2 rings (SSSR count). The third kappa shape index (κ3) is 3.94. The maximum atomic E-state index is 12.5. The molecule has 1 atom stereocenters. The Labute approximate surface area is 126 Å². The van der Waals surface area contributed by atoms with Crippen LogP contribution in [0.1, 0.15) is 13.3 Å². The molecule has 2 aliphatic heterocycles. The van der Waals surface area contributed by atoms with Crippen molar-refractivity contribution in [1.82, 2.24) is 14.7 Å². The van der Waals surface area contributed by atoms with Crippen LogP contribution < -0.4 is 0 Å². The van der Waals surface area contributed by atoms with Crippen LogP contribution in [0.3, 0.4) is 0 Å². The first-order valence-electron chi connectivity index (χ1n) is 7.55. The highest BCUT2D eigenvalue weighted by atomic mass is 16.2. The first-order valence-corrected chi connectivity index (χ1v) is 7.55. The Morgan fingerprint density at radius 3 is 2.57 bits per heavy atom. The average molecular weight is 291 g/mol. The van der Waals surface area contributed by atoms with Crippen molar-refractivity contribution in [1.29, 1.82) is 0 Å². The molecular weight excluding hydrogens is 266 g/mol. The van der Waals surface area contributed by atoms with Gasteiger partial charge in [0.15, 0.2) is 0 Å². The maximum Gasteiger partial charge on any atom is 0.228 e. The first kappa shape index (κ1) is 15.8. The molecule has 2 amide bonds. The Morgan fingerprint density at radius 2 is 2.00 bits per heavy atom. The molecule has 2 heterocycles. The molecule has 21 heavy (non-hydrogen) atoms. The van der Waals surface area contributed by atoms with Gasteiger partial charge in [-0.1, -0.05) is 18.2 Å². The quantitative estimate of drug-likeness (QED) is 0.702. The van der Waals surface area contributed by atoms with E-state index in [0.717, 1.165) is 38.3 Å². The number of piperazine rings is 1. The van der Waals surface area contributed by atoms with E-state index in [4.69, 9.17) is 0 Å². The second-order valence-electron chi connectivity index (χ2n) is 6.05. The summed E-state index contributed by atoms with van der Waals surface area (Å²) in [6, 6.07) is 0. The van der Waals surface area contributed by atoms with Crippen molar-refractivity contribution >= 4 is 11.8 Å². The van der Waals surface area contributed by atoms with Gasteiger partial charge in [-0.25, -0.2) is 0 Å². The van der Waals surface area contributed by atoms with E-state index in [1.54, 1.807) is 11.0 Å². The van der Waals surface area contributed by atoms with Crippen molar-refractivity contribution in [2.45, 2.75) is 13.3 Å². The van der Waals surface area contributed by atoms with Gasteiger partial charge in [-0.15, -0.1) is 6.58 Å². The fourth-order valence-corrected chi connectivity index (χ4v) is 3.04. The SMILES string of the molecule is C=CCN1C[C@H](C(=O)N2CCN(CC(=C)C)CC2)CC1=O. The summed E-state index contributed by atoms with van der Waals surface area (Å²) in [5.41, 5.74) is 1.15. The summed E-state index contributed by atoms with van der Waals surface area (Å²) in [5, 5.41) is 0. The number of nitrogens with zero attached hydrogens (tertiary/aromatic N) is 3. The molecule has 0 unspecified atom stereocenters. The minimum Gasteiger partial charge on any atom is -0.340 e. The van der Waals surface area contributed by atoms with E-state index in [1.807, 2.05) is 11.8 Å². The van der Waals surface area contributed by atoms with Gasteiger partial charge in [-0.3, -0.25) is 14.5 Å². The average Bonchev–Trinajstić information content (AvgIpc) is 2.80. The molecule has 0 bridgehead atoms. The minimum atomic E-state index is -0.176. The summed E-state index contributed by atoms with van der Waals surface area (Å²) in [6.07, 6.45) is 2.06. The van der Waals surface area contributed by atoms with Gasteiger partial charge in [0, 0.05) is 52.2 Å². The van der Waals surface area contributed by atoms with Crippen LogP contribution in [0.2, 0.25) is 0 Å². The Morgan fingerprint density at radius 1 is 1.33 bits per heavy atom. The van der Waals surface area contributed by atoms with Gasteiger partial charge in [0.2, 0.25) is 11.8 Å². The molecule has 0 aromatic rings. The molecule has 0 aliphatic carbocycles. The lowest BCUT2D eigenvalue weighted by atomic mass is 10.1. The van der Waals surface area contributed by atoms with Gasteiger partial charge in [0.05, 0.1) is 5.92 Å². The largest absolute Gasteiger partial charge is 0.340 e. The fraction of sp³-hybridized carbons (Fsp3) is 0.625. The molecular formula is C16H25N3O2. The summed E-state index contributed by atoms with van der Waals surface area (Å²) >= 11 is 0. The lowest BCUT2D eigenvalue weighted by Crippen LogP contribution is -2.50. The summed E-state index contributed by atoms with van der Waals surface area (Å²) in [7, 11) is 0. The first-order chi connectivity index (χ1) is 10.0. The van der Waals surface area contributed by atoms with Crippen molar-refractivity contribution in [3.63, 3.8) is 0 Å². The summed E-state index contributed by atoms with van der Waals surface area (Å²) in [6.45, 7) is 14.8. The van der Waals surface area contributed by atoms with E-state index in [2.05, 4.69) is 18.1 Å². The predicted molar refractivity (Wildman–Crippen MR) is 82.7 cm³/mol. The second-order valence-corrected chi connectivity index (χ2v) is 6.05. The Balaban J connectivity index is 1.84. The van der Waals surface area contributed by atoms with Gasteiger partial charge < -0.3 is 9.80 Å². The van der Waals surface area contributed by atoms with Crippen molar-refractivity contribution in [3.05, 3.63) is 24.8 Å². The topological polar surface area (TPSA) is 43.9 Å². The van der Waals surface area contributed by atoms with Crippen molar-refractivity contribution in [3.8, 4) is 0 Å². The highest BCUT2D eigenvalue weighted by Gasteiger charge is 2.36. The minimum absolute atomic E-state index is 0.0640.